The summed E-state index contributed by atoms with van der Waals surface area (Å²) < 4.78 is 11.1. The number of aromatic hydroxyl groups is 2. The molecule has 2 aromatic carbocycles. The first kappa shape index (κ1) is 25.1. The van der Waals surface area contributed by atoms with Gasteiger partial charge in [0, 0.05) is 11.5 Å². The Hall–Kier alpha value is -4.50. The highest BCUT2D eigenvalue weighted by molar-refractivity contribution is 5.92. The molecule has 0 bridgehead atoms. The number of hydrogen-bond donors (Lipinski definition) is 5. The second-order valence-electron chi connectivity index (χ2n) is 8.04. The van der Waals surface area contributed by atoms with Gasteiger partial charge in [0.15, 0.2) is 0 Å². The Balaban J connectivity index is 0.00000342. The lowest BCUT2D eigenvalue weighted by atomic mass is 9.83. The monoisotopic (exact) mass is 479 g/mol. The Morgan fingerprint density at radius 1 is 0.800 bits per heavy atom. The molecule has 35 heavy (non-hydrogen) atoms. The van der Waals surface area contributed by atoms with E-state index in [0.29, 0.717) is 33.8 Å². The number of furan rings is 2. The predicted octanol–water partition coefficient (Wildman–Crippen LogP) is 5.48. The zero-order valence-corrected chi connectivity index (χ0v) is 19.1. The molecule has 0 aliphatic heterocycles. The van der Waals surface area contributed by atoms with Gasteiger partial charge in [-0.15, -0.1) is 0 Å². The second-order valence-corrected chi connectivity index (χ2v) is 8.04. The summed E-state index contributed by atoms with van der Waals surface area (Å²) in [5, 5.41) is 40.4. The van der Waals surface area contributed by atoms with E-state index in [1.807, 2.05) is 0 Å². The van der Waals surface area contributed by atoms with E-state index in [2.05, 4.69) is 0 Å². The van der Waals surface area contributed by atoms with Crippen LogP contribution >= 0.6 is 0 Å². The van der Waals surface area contributed by atoms with Gasteiger partial charge in [0.2, 0.25) is 0 Å². The number of hydrogen-bond acceptors (Lipinski definition) is 7. The SMILES string of the molecule is Cc1cc(C(c2cc(C(=O)O)c(O)c(C(C)c3ccco3)c2)c2ccco2)cc(C(=O)O)c1O.N. The largest absolute Gasteiger partial charge is 0.507 e. The maximum atomic E-state index is 12.0. The van der Waals surface area contributed by atoms with E-state index in [1.54, 1.807) is 50.2 Å². The highest BCUT2D eigenvalue weighted by Crippen LogP contribution is 2.41. The van der Waals surface area contributed by atoms with E-state index in [-0.39, 0.29) is 28.8 Å². The van der Waals surface area contributed by atoms with Gasteiger partial charge in [0.05, 0.1) is 18.4 Å². The summed E-state index contributed by atoms with van der Waals surface area (Å²) in [7, 11) is 0. The summed E-state index contributed by atoms with van der Waals surface area (Å²) in [5.41, 5.74) is 1.01. The maximum Gasteiger partial charge on any atom is 0.339 e. The van der Waals surface area contributed by atoms with Crippen molar-refractivity contribution in [1.82, 2.24) is 6.15 Å². The number of carboxylic acids is 2. The van der Waals surface area contributed by atoms with Gasteiger partial charge in [-0.1, -0.05) is 19.1 Å². The first-order valence-corrected chi connectivity index (χ1v) is 10.4. The van der Waals surface area contributed by atoms with Crippen LogP contribution in [-0.2, 0) is 0 Å². The molecule has 9 heteroatoms. The minimum absolute atomic E-state index is 0. The number of phenols is 2. The van der Waals surface area contributed by atoms with Crippen LogP contribution in [0.5, 0.6) is 11.5 Å². The number of aromatic carboxylic acids is 2. The normalized spacial score (nSPS) is 12.5. The van der Waals surface area contributed by atoms with Crippen LogP contribution in [0.4, 0.5) is 0 Å². The van der Waals surface area contributed by atoms with Crippen LogP contribution in [0.25, 0.3) is 0 Å². The molecular formula is C26H25NO8. The van der Waals surface area contributed by atoms with Crippen molar-refractivity contribution in [2.75, 3.05) is 0 Å². The zero-order valence-electron chi connectivity index (χ0n) is 19.1. The van der Waals surface area contributed by atoms with Gasteiger partial charge in [-0.25, -0.2) is 9.59 Å². The van der Waals surface area contributed by atoms with Gasteiger partial charge in [0.25, 0.3) is 0 Å². The summed E-state index contributed by atoms with van der Waals surface area (Å²) in [6, 6.07) is 12.7. The van der Waals surface area contributed by atoms with Gasteiger partial charge in [-0.3, -0.25) is 0 Å². The fraction of sp³-hybridized carbons (Fsp3) is 0.154. The van der Waals surface area contributed by atoms with Gasteiger partial charge >= 0.3 is 11.9 Å². The standard InChI is InChI=1S/C26H22O8.H3N/c1-13-9-15(11-18(23(13)27)25(29)30)22(21-6-4-8-34-21)16-10-17(14(2)20-5-3-7-33-20)24(28)19(12-16)26(31)32;/h3-12,14,22,27-28H,1-2H3,(H,29,30)(H,31,32);1H3. The van der Waals surface area contributed by atoms with Crippen LogP contribution in [-0.4, -0.2) is 32.4 Å². The molecule has 0 fully saturated rings. The van der Waals surface area contributed by atoms with Crippen molar-refractivity contribution in [3.05, 3.63) is 106 Å². The van der Waals surface area contributed by atoms with Crippen molar-refractivity contribution in [3.8, 4) is 11.5 Å². The maximum absolute atomic E-state index is 12.0. The molecule has 2 heterocycles. The molecule has 0 saturated heterocycles. The Bertz CT molecular complexity index is 1360. The minimum atomic E-state index is -1.32. The molecule has 7 N–H and O–H groups in total. The quantitative estimate of drug-likeness (QED) is 0.229. The van der Waals surface area contributed by atoms with E-state index in [0.717, 1.165) is 0 Å². The average molecular weight is 479 g/mol. The molecule has 0 spiro atoms. The smallest absolute Gasteiger partial charge is 0.339 e. The lowest BCUT2D eigenvalue weighted by Crippen LogP contribution is -2.10. The average Bonchev–Trinajstić information content (AvgIpc) is 3.51. The molecule has 4 aromatic rings. The van der Waals surface area contributed by atoms with Crippen molar-refractivity contribution in [2.45, 2.75) is 25.7 Å². The zero-order chi connectivity index (χ0) is 24.6. The summed E-state index contributed by atoms with van der Waals surface area (Å²) in [6.07, 6.45) is 2.95. The molecule has 9 nitrogen and oxygen atoms in total. The third-order valence-electron chi connectivity index (χ3n) is 5.88. The fourth-order valence-corrected chi connectivity index (χ4v) is 4.14. The van der Waals surface area contributed by atoms with Crippen molar-refractivity contribution in [2.24, 2.45) is 0 Å². The topological polar surface area (TPSA) is 176 Å². The van der Waals surface area contributed by atoms with Crippen molar-refractivity contribution in [1.29, 1.82) is 0 Å². The van der Waals surface area contributed by atoms with Gasteiger partial charge in [0.1, 0.15) is 34.1 Å². The van der Waals surface area contributed by atoms with Gasteiger partial charge in [-0.05, 0) is 60.0 Å². The molecule has 0 saturated carbocycles. The van der Waals surface area contributed by atoms with E-state index in [4.69, 9.17) is 8.83 Å². The summed E-state index contributed by atoms with van der Waals surface area (Å²) >= 11 is 0. The van der Waals surface area contributed by atoms with Gasteiger partial charge in [-0.2, -0.15) is 0 Å². The highest BCUT2D eigenvalue weighted by atomic mass is 16.4. The van der Waals surface area contributed by atoms with E-state index >= 15 is 0 Å². The Morgan fingerprint density at radius 3 is 1.83 bits per heavy atom. The Labute approximate surface area is 200 Å². The van der Waals surface area contributed by atoms with Crippen molar-refractivity contribution < 1.29 is 38.8 Å². The van der Waals surface area contributed by atoms with Crippen LogP contribution in [0.1, 0.15) is 73.2 Å². The second kappa shape index (κ2) is 9.78. The molecule has 4 rings (SSSR count). The molecule has 0 aliphatic rings. The molecule has 0 amide bonds. The number of carbonyl (C=O) groups is 2. The molecule has 0 aliphatic carbocycles. The number of benzene rings is 2. The first-order valence-electron chi connectivity index (χ1n) is 10.4. The molecule has 2 unspecified atom stereocenters. The van der Waals surface area contributed by atoms with E-state index in [9.17, 15) is 30.0 Å². The van der Waals surface area contributed by atoms with Crippen LogP contribution in [0, 0.1) is 6.92 Å². The summed E-state index contributed by atoms with van der Waals surface area (Å²) in [4.78, 5) is 23.7. The van der Waals surface area contributed by atoms with Crippen LogP contribution in [0.2, 0.25) is 0 Å². The Morgan fingerprint density at radius 2 is 1.31 bits per heavy atom. The number of carboxylic acid groups (broad SMARTS) is 2. The van der Waals surface area contributed by atoms with Gasteiger partial charge < -0.3 is 35.4 Å². The summed E-state index contributed by atoms with van der Waals surface area (Å²) in [5.74, 6) is -3.57. The van der Waals surface area contributed by atoms with Crippen LogP contribution in [0.3, 0.4) is 0 Å². The third kappa shape index (κ3) is 4.62. The molecule has 2 atom stereocenters. The van der Waals surface area contributed by atoms with E-state index < -0.39 is 23.8 Å². The lowest BCUT2D eigenvalue weighted by Gasteiger charge is -2.21. The Kier molecular flexibility index (Phi) is 7.02. The summed E-state index contributed by atoms with van der Waals surface area (Å²) in [6.45, 7) is 3.35. The number of rotatable bonds is 7. The fourth-order valence-electron chi connectivity index (χ4n) is 4.14. The van der Waals surface area contributed by atoms with Crippen molar-refractivity contribution >= 4 is 11.9 Å². The van der Waals surface area contributed by atoms with E-state index in [1.165, 1.54) is 24.7 Å². The number of aryl methyl sites for hydroxylation is 1. The van der Waals surface area contributed by atoms with Crippen LogP contribution < -0.4 is 6.15 Å². The molecular weight excluding hydrogens is 454 g/mol. The minimum Gasteiger partial charge on any atom is -0.507 e. The van der Waals surface area contributed by atoms with Crippen LogP contribution in [0.15, 0.2) is 69.9 Å². The lowest BCUT2D eigenvalue weighted by molar-refractivity contribution is 0.0682. The molecule has 182 valence electrons. The molecule has 2 aromatic heterocycles. The molecule has 0 radical (unpaired) electrons. The predicted molar refractivity (Wildman–Crippen MR) is 126 cm³/mol. The highest BCUT2D eigenvalue weighted by Gasteiger charge is 2.28. The third-order valence-corrected chi connectivity index (χ3v) is 5.88. The first-order chi connectivity index (χ1) is 16.2. The van der Waals surface area contributed by atoms with Crippen molar-refractivity contribution in [3.63, 3.8) is 0 Å².